The zero-order valence-corrected chi connectivity index (χ0v) is 7.75. The second kappa shape index (κ2) is 7.00. The summed E-state index contributed by atoms with van der Waals surface area (Å²) in [6, 6.07) is 0. The van der Waals surface area contributed by atoms with E-state index in [4.69, 9.17) is 9.79 Å². The van der Waals surface area contributed by atoms with Gasteiger partial charge < -0.3 is 15.1 Å². The van der Waals surface area contributed by atoms with Crippen LogP contribution in [0.1, 0.15) is 0 Å². The van der Waals surface area contributed by atoms with E-state index in [1.807, 2.05) is 0 Å². The van der Waals surface area contributed by atoms with Gasteiger partial charge in [-0.25, -0.2) is 4.57 Å². The van der Waals surface area contributed by atoms with Gasteiger partial charge in [0, 0.05) is 14.2 Å². The fourth-order valence-corrected chi connectivity index (χ4v) is 0.102. The van der Waals surface area contributed by atoms with E-state index < -0.39 is 7.82 Å². The molecule has 0 atom stereocenters. The summed E-state index contributed by atoms with van der Waals surface area (Å²) in [7, 11) is -1.64. The summed E-state index contributed by atoms with van der Waals surface area (Å²) in [5.74, 6) is -0.144. The van der Waals surface area contributed by atoms with Crippen LogP contribution in [0.25, 0.3) is 0 Å². The minimum atomic E-state index is -4.15. The molecule has 0 bridgehead atoms. The summed E-state index contributed by atoms with van der Waals surface area (Å²) >= 11 is 0. The minimum absolute atomic E-state index is 0.144. The Morgan fingerprint density at radius 3 is 2.00 bits per heavy atom. The van der Waals surface area contributed by atoms with Crippen molar-refractivity contribution in [3.63, 3.8) is 0 Å². The van der Waals surface area contributed by atoms with Gasteiger partial charge in [0.25, 0.3) is 0 Å². The maximum absolute atomic E-state index is 9.95. The van der Waals surface area contributed by atoms with Crippen molar-refractivity contribution in [2.24, 2.45) is 0 Å². The van der Waals surface area contributed by atoms with E-state index in [1.165, 1.54) is 6.08 Å². The fourth-order valence-electron chi connectivity index (χ4n) is 0.102. The molecular formula is C5H12NO5P. The molecule has 72 valence electrons. The van der Waals surface area contributed by atoms with Crippen LogP contribution in [0.2, 0.25) is 0 Å². The molecule has 0 aliphatic carbocycles. The van der Waals surface area contributed by atoms with Gasteiger partial charge in [0.2, 0.25) is 5.91 Å². The number of phosphoric ester groups is 1. The first-order chi connectivity index (χ1) is 5.37. The molecule has 0 aliphatic rings. The smallest absolute Gasteiger partial charge is 0.356 e. The van der Waals surface area contributed by atoms with Gasteiger partial charge in [0.15, 0.2) is 0 Å². The van der Waals surface area contributed by atoms with Gasteiger partial charge in [0.1, 0.15) is 0 Å². The normalized spacial score (nSPS) is 9.33. The first-order valence-corrected chi connectivity index (χ1v) is 4.35. The van der Waals surface area contributed by atoms with Crippen molar-refractivity contribution < 1.29 is 23.7 Å². The molecule has 0 radical (unpaired) electrons. The number of rotatable bonds is 2. The number of hydrogen-bond donors (Lipinski definition) is 3. The van der Waals surface area contributed by atoms with Gasteiger partial charge in [-0.3, -0.25) is 9.32 Å². The number of carbonyl (C=O) groups excluding carboxylic acids is 1. The summed E-state index contributed by atoms with van der Waals surface area (Å²) in [5.41, 5.74) is 0. The number of phosphoric acid groups is 1. The lowest BCUT2D eigenvalue weighted by atomic mass is 10.6. The molecule has 0 aromatic carbocycles. The van der Waals surface area contributed by atoms with Crippen LogP contribution >= 0.6 is 7.82 Å². The van der Waals surface area contributed by atoms with Crippen LogP contribution in [0.3, 0.4) is 0 Å². The lowest BCUT2D eigenvalue weighted by molar-refractivity contribution is -0.116. The Bertz CT molecular complexity index is 186. The van der Waals surface area contributed by atoms with Crippen LogP contribution in [-0.2, 0) is 13.9 Å². The van der Waals surface area contributed by atoms with E-state index >= 15 is 0 Å². The first kappa shape index (κ1) is 13.9. The molecule has 3 N–H and O–H groups in total. The zero-order valence-electron chi connectivity index (χ0n) is 6.85. The SMILES string of the molecule is C=CC(=O)NC.COP(=O)(O)O. The molecule has 0 heterocycles. The standard InChI is InChI=1S/C4H7NO.CH5O4P/c1-3-4(6)5-2;1-5-6(2,3)4/h3H,1H2,2H3,(H,5,6);1H3,(H2,2,3,4). The molecule has 6 nitrogen and oxygen atoms in total. The number of nitrogens with one attached hydrogen (secondary N) is 1. The molecule has 0 rings (SSSR count). The first-order valence-electron chi connectivity index (χ1n) is 2.82. The Labute approximate surface area is 70.5 Å². The van der Waals surface area contributed by atoms with Crippen LogP contribution in [0.4, 0.5) is 0 Å². The molecule has 1 amide bonds. The molecular weight excluding hydrogens is 185 g/mol. The summed E-state index contributed by atoms with van der Waals surface area (Å²) in [5, 5.41) is 2.36. The Hall–Kier alpha value is -0.680. The third-order valence-corrected chi connectivity index (χ3v) is 1.15. The number of hydrogen-bond acceptors (Lipinski definition) is 3. The van der Waals surface area contributed by atoms with Gasteiger partial charge in [-0.05, 0) is 6.08 Å². The van der Waals surface area contributed by atoms with Crippen LogP contribution in [-0.4, -0.2) is 29.9 Å². The quantitative estimate of drug-likeness (QED) is 0.415. The highest BCUT2D eigenvalue weighted by atomic mass is 31.2. The van der Waals surface area contributed by atoms with Crippen molar-refractivity contribution in [3.8, 4) is 0 Å². The average Bonchev–Trinajstić information content (AvgIpc) is 2.03. The van der Waals surface area contributed by atoms with Gasteiger partial charge >= 0.3 is 7.82 Å². The van der Waals surface area contributed by atoms with Crippen molar-refractivity contribution in [2.45, 2.75) is 0 Å². The lowest BCUT2D eigenvalue weighted by Gasteiger charge is -1.93. The molecule has 0 aromatic rings. The summed E-state index contributed by atoms with van der Waals surface area (Å²) < 4.78 is 13.1. The van der Waals surface area contributed by atoms with Crippen LogP contribution in [0, 0.1) is 0 Å². The zero-order chi connectivity index (χ0) is 10.2. The van der Waals surface area contributed by atoms with Crippen molar-refractivity contribution in [3.05, 3.63) is 12.7 Å². The molecule has 7 heteroatoms. The monoisotopic (exact) mass is 197 g/mol. The highest BCUT2D eigenvalue weighted by Crippen LogP contribution is 2.33. The minimum Gasteiger partial charge on any atom is -0.356 e. The second-order valence-electron chi connectivity index (χ2n) is 1.49. The maximum atomic E-state index is 9.95. The number of carbonyl (C=O) groups is 1. The van der Waals surface area contributed by atoms with Crippen LogP contribution in [0.15, 0.2) is 12.7 Å². The van der Waals surface area contributed by atoms with E-state index in [0.717, 1.165) is 7.11 Å². The predicted octanol–water partition coefficient (Wildman–Crippen LogP) is -0.356. The molecule has 12 heavy (non-hydrogen) atoms. The largest absolute Gasteiger partial charge is 0.469 e. The average molecular weight is 197 g/mol. The van der Waals surface area contributed by atoms with Crippen LogP contribution in [0.5, 0.6) is 0 Å². The van der Waals surface area contributed by atoms with Gasteiger partial charge in [-0.1, -0.05) is 6.58 Å². The highest BCUT2D eigenvalue weighted by molar-refractivity contribution is 7.46. The van der Waals surface area contributed by atoms with Crippen molar-refractivity contribution in [1.29, 1.82) is 0 Å². The van der Waals surface area contributed by atoms with Gasteiger partial charge in [-0.2, -0.15) is 0 Å². The third-order valence-electron chi connectivity index (χ3n) is 0.670. The van der Waals surface area contributed by atoms with Crippen molar-refractivity contribution in [1.82, 2.24) is 5.32 Å². The molecule has 0 saturated carbocycles. The molecule has 0 aliphatic heterocycles. The summed E-state index contributed by atoms with van der Waals surface area (Å²) in [4.78, 5) is 25.4. The predicted molar refractivity (Wildman–Crippen MR) is 43.3 cm³/mol. The topological polar surface area (TPSA) is 95.9 Å². The molecule has 0 fully saturated rings. The molecule has 0 spiro atoms. The second-order valence-corrected chi connectivity index (χ2v) is 2.84. The van der Waals surface area contributed by atoms with Crippen molar-refractivity contribution in [2.75, 3.05) is 14.2 Å². The molecule has 0 saturated heterocycles. The van der Waals surface area contributed by atoms with E-state index in [2.05, 4.69) is 16.4 Å². The summed E-state index contributed by atoms with van der Waals surface area (Å²) in [6.45, 7) is 3.22. The molecule has 0 unspecified atom stereocenters. The number of amides is 1. The van der Waals surface area contributed by atoms with E-state index in [9.17, 15) is 9.36 Å². The van der Waals surface area contributed by atoms with Crippen LogP contribution < -0.4 is 5.32 Å². The van der Waals surface area contributed by atoms with E-state index in [0.29, 0.717) is 0 Å². The van der Waals surface area contributed by atoms with Gasteiger partial charge in [0.05, 0.1) is 0 Å². The lowest BCUT2D eigenvalue weighted by Crippen LogP contribution is -2.13. The van der Waals surface area contributed by atoms with E-state index in [-0.39, 0.29) is 5.91 Å². The third kappa shape index (κ3) is 16.2. The summed E-state index contributed by atoms with van der Waals surface area (Å²) in [6.07, 6.45) is 1.22. The number of likely N-dealkylation sites (N-methyl/N-ethyl adjacent to an activating group) is 1. The highest BCUT2D eigenvalue weighted by Gasteiger charge is 2.07. The van der Waals surface area contributed by atoms with Gasteiger partial charge in [-0.15, -0.1) is 0 Å². The Kier molecular flexibility index (Phi) is 8.09. The fraction of sp³-hybridized carbons (Fsp3) is 0.400. The maximum Gasteiger partial charge on any atom is 0.469 e. The molecule has 0 aromatic heterocycles. The van der Waals surface area contributed by atoms with E-state index in [1.54, 1.807) is 7.05 Å². The Morgan fingerprint density at radius 2 is 2.00 bits per heavy atom. The van der Waals surface area contributed by atoms with Crippen molar-refractivity contribution >= 4 is 13.7 Å². The Balaban J connectivity index is 0. The Morgan fingerprint density at radius 1 is 1.67 bits per heavy atom.